The van der Waals surface area contributed by atoms with Gasteiger partial charge in [0.25, 0.3) is 0 Å². The third-order valence-corrected chi connectivity index (χ3v) is 5.98. The van der Waals surface area contributed by atoms with Gasteiger partial charge in [0.15, 0.2) is 0 Å². The number of rotatable bonds is 4. The highest BCUT2D eigenvalue weighted by Crippen LogP contribution is 2.32. The summed E-state index contributed by atoms with van der Waals surface area (Å²) < 4.78 is 26.1. The average Bonchev–Trinajstić information content (AvgIpc) is 2.75. The van der Waals surface area contributed by atoms with Crippen molar-refractivity contribution in [2.75, 3.05) is 19.3 Å². The fraction of sp³-hybridized carbons (Fsp3) is 0.538. The maximum atomic E-state index is 12.5. The summed E-state index contributed by atoms with van der Waals surface area (Å²) in [6.45, 7) is 0.0794. The van der Waals surface area contributed by atoms with Crippen LogP contribution < -0.4 is 5.73 Å². The normalized spacial score (nSPS) is 18.6. The highest BCUT2D eigenvalue weighted by atomic mass is 35.5. The van der Waals surface area contributed by atoms with Crippen LogP contribution in [0, 0.1) is 0 Å². The van der Waals surface area contributed by atoms with Crippen molar-refractivity contribution in [2.24, 2.45) is 0 Å². The van der Waals surface area contributed by atoms with Gasteiger partial charge in [-0.3, -0.25) is 0 Å². The van der Waals surface area contributed by atoms with Crippen molar-refractivity contribution >= 4 is 27.3 Å². The summed E-state index contributed by atoms with van der Waals surface area (Å²) in [6, 6.07) is 4.30. The van der Waals surface area contributed by atoms with Gasteiger partial charge in [0, 0.05) is 19.3 Å². The van der Waals surface area contributed by atoms with E-state index in [9.17, 15) is 13.5 Å². The van der Waals surface area contributed by atoms with E-state index >= 15 is 0 Å². The maximum Gasteiger partial charge on any atom is 0.244 e. The number of hydrogen-bond acceptors (Lipinski definition) is 4. The smallest absolute Gasteiger partial charge is 0.244 e. The van der Waals surface area contributed by atoms with E-state index in [1.54, 1.807) is 0 Å². The number of nitrogens with zero attached hydrogens (tertiary/aromatic N) is 1. The lowest BCUT2D eigenvalue weighted by molar-refractivity contribution is 0.0333. The molecule has 0 aromatic heterocycles. The lowest BCUT2D eigenvalue weighted by Gasteiger charge is -2.28. The Kier molecular flexibility index (Phi) is 4.30. The number of anilines is 1. The first-order valence-corrected chi connectivity index (χ1v) is 8.30. The molecule has 0 amide bonds. The molecular formula is C13H19ClN2O3S. The van der Waals surface area contributed by atoms with Gasteiger partial charge in [-0.05, 0) is 31.0 Å². The predicted molar refractivity (Wildman–Crippen MR) is 79.1 cm³/mol. The second-order valence-corrected chi connectivity index (χ2v) is 7.80. The van der Waals surface area contributed by atoms with Gasteiger partial charge in [-0.25, -0.2) is 8.42 Å². The summed E-state index contributed by atoms with van der Waals surface area (Å²) in [5.74, 6) is 0. The Hall–Kier alpha value is -0.820. The number of hydrogen-bond donors (Lipinski definition) is 2. The zero-order valence-corrected chi connectivity index (χ0v) is 12.9. The van der Waals surface area contributed by atoms with Gasteiger partial charge in [0.2, 0.25) is 10.0 Å². The lowest BCUT2D eigenvalue weighted by atomic mass is 10.0. The minimum Gasteiger partial charge on any atom is -0.399 e. The lowest BCUT2D eigenvalue weighted by Crippen LogP contribution is -2.42. The first kappa shape index (κ1) is 15.6. The molecule has 0 heterocycles. The summed E-state index contributed by atoms with van der Waals surface area (Å²) in [5.41, 5.74) is 5.05. The molecule has 0 radical (unpaired) electrons. The Morgan fingerprint density at radius 2 is 2.00 bits per heavy atom. The molecule has 0 aliphatic heterocycles. The molecule has 0 saturated heterocycles. The van der Waals surface area contributed by atoms with Crippen LogP contribution in [0.3, 0.4) is 0 Å². The van der Waals surface area contributed by atoms with E-state index in [4.69, 9.17) is 17.3 Å². The van der Waals surface area contributed by atoms with E-state index in [-0.39, 0.29) is 16.5 Å². The van der Waals surface area contributed by atoms with Crippen molar-refractivity contribution in [1.82, 2.24) is 4.31 Å². The van der Waals surface area contributed by atoms with Crippen LogP contribution in [0.4, 0.5) is 5.69 Å². The number of benzene rings is 1. The molecule has 20 heavy (non-hydrogen) atoms. The third kappa shape index (κ3) is 3.09. The zero-order chi connectivity index (χ0) is 15.0. The molecule has 0 unspecified atom stereocenters. The van der Waals surface area contributed by atoms with E-state index in [1.165, 1.54) is 25.2 Å². The van der Waals surface area contributed by atoms with Crippen LogP contribution in [0.15, 0.2) is 23.1 Å². The van der Waals surface area contributed by atoms with Crippen LogP contribution in [-0.4, -0.2) is 37.0 Å². The maximum absolute atomic E-state index is 12.5. The van der Waals surface area contributed by atoms with Crippen molar-refractivity contribution in [3.8, 4) is 0 Å². The summed E-state index contributed by atoms with van der Waals surface area (Å²) in [5, 5.41) is 10.4. The van der Waals surface area contributed by atoms with Crippen LogP contribution in [0.25, 0.3) is 0 Å². The van der Waals surface area contributed by atoms with Crippen molar-refractivity contribution in [1.29, 1.82) is 0 Å². The minimum absolute atomic E-state index is 0.0115. The molecule has 1 aromatic rings. The Morgan fingerprint density at radius 3 is 2.55 bits per heavy atom. The summed E-state index contributed by atoms with van der Waals surface area (Å²) in [7, 11) is -2.27. The fourth-order valence-corrected chi connectivity index (χ4v) is 4.36. The van der Waals surface area contributed by atoms with Crippen LogP contribution in [0.1, 0.15) is 25.7 Å². The summed E-state index contributed by atoms with van der Waals surface area (Å²) in [4.78, 5) is 0.0115. The van der Waals surface area contributed by atoms with Crippen LogP contribution in [0.5, 0.6) is 0 Å². The minimum atomic E-state index is -3.73. The molecule has 1 aliphatic rings. The molecule has 1 aromatic carbocycles. The van der Waals surface area contributed by atoms with Gasteiger partial charge in [-0.2, -0.15) is 4.31 Å². The van der Waals surface area contributed by atoms with E-state index < -0.39 is 15.6 Å². The van der Waals surface area contributed by atoms with Gasteiger partial charge in [0.05, 0.1) is 10.6 Å². The second kappa shape index (κ2) is 5.52. The molecule has 7 heteroatoms. The van der Waals surface area contributed by atoms with Gasteiger partial charge >= 0.3 is 0 Å². The Bertz CT molecular complexity index is 598. The van der Waals surface area contributed by atoms with Gasteiger partial charge in [-0.1, -0.05) is 24.4 Å². The first-order chi connectivity index (χ1) is 9.24. The Labute approximate surface area is 124 Å². The fourth-order valence-electron chi connectivity index (χ4n) is 2.58. The molecule has 1 saturated carbocycles. The topological polar surface area (TPSA) is 83.6 Å². The summed E-state index contributed by atoms with van der Waals surface area (Å²) in [6.07, 6.45) is 3.10. The monoisotopic (exact) mass is 318 g/mol. The molecule has 0 atom stereocenters. The highest BCUT2D eigenvalue weighted by Gasteiger charge is 2.36. The highest BCUT2D eigenvalue weighted by molar-refractivity contribution is 7.89. The quantitative estimate of drug-likeness (QED) is 0.830. The molecule has 2 rings (SSSR count). The molecule has 0 bridgehead atoms. The van der Waals surface area contributed by atoms with E-state index in [0.717, 1.165) is 17.1 Å². The third-order valence-electron chi connectivity index (χ3n) is 3.70. The number of nitrogens with two attached hydrogens (primary N) is 1. The molecule has 1 fully saturated rings. The Morgan fingerprint density at radius 1 is 1.40 bits per heavy atom. The number of sulfonamides is 1. The first-order valence-electron chi connectivity index (χ1n) is 6.48. The SMILES string of the molecule is CN(CC1(O)CCCC1)S(=O)(=O)c1ccc(N)cc1Cl. The largest absolute Gasteiger partial charge is 0.399 e. The molecule has 5 nitrogen and oxygen atoms in total. The number of halogens is 1. The Balaban J connectivity index is 2.25. The molecule has 112 valence electrons. The van der Waals surface area contributed by atoms with Crippen molar-refractivity contribution < 1.29 is 13.5 Å². The van der Waals surface area contributed by atoms with Crippen molar-refractivity contribution in [2.45, 2.75) is 36.2 Å². The van der Waals surface area contributed by atoms with Crippen molar-refractivity contribution in [3.63, 3.8) is 0 Å². The number of aliphatic hydroxyl groups is 1. The van der Waals surface area contributed by atoms with Crippen LogP contribution in [-0.2, 0) is 10.0 Å². The van der Waals surface area contributed by atoms with E-state index in [1.807, 2.05) is 0 Å². The molecular weight excluding hydrogens is 300 g/mol. The van der Waals surface area contributed by atoms with Crippen LogP contribution in [0.2, 0.25) is 5.02 Å². The molecule has 1 aliphatic carbocycles. The van der Waals surface area contributed by atoms with Crippen molar-refractivity contribution in [3.05, 3.63) is 23.2 Å². The summed E-state index contributed by atoms with van der Waals surface area (Å²) >= 11 is 5.96. The van der Waals surface area contributed by atoms with Gasteiger partial charge in [0.1, 0.15) is 4.90 Å². The zero-order valence-electron chi connectivity index (χ0n) is 11.3. The number of likely N-dealkylation sites (N-methyl/N-ethyl adjacent to an activating group) is 1. The standard InChI is InChI=1S/C13H19ClN2O3S/c1-16(9-13(17)6-2-3-7-13)20(18,19)12-5-4-10(15)8-11(12)14/h4-5,8,17H,2-3,6-7,9,15H2,1H3. The second-order valence-electron chi connectivity index (χ2n) is 5.38. The predicted octanol–water partition coefficient (Wildman–Crippen LogP) is 1.85. The van der Waals surface area contributed by atoms with E-state index in [2.05, 4.69) is 0 Å². The average molecular weight is 319 g/mol. The molecule has 3 N–H and O–H groups in total. The number of nitrogen functional groups attached to an aromatic ring is 1. The van der Waals surface area contributed by atoms with Gasteiger partial charge < -0.3 is 10.8 Å². The molecule has 0 spiro atoms. The van der Waals surface area contributed by atoms with Gasteiger partial charge in [-0.15, -0.1) is 0 Å². The van der Waals surface area contributed by atoms with E-state index in [0.29, 0.717) is 18.5 Å². The van der Waals surface area contributed by atoms with Crippen LogP contribution >= 0.6 is 11.6 Å².